The Kier molecular flexibility index (Phi) is 10.6. The van der Waals surface area contributed by atoms with Crippen LogP contribution in [0.3, 0.4) is 0 Å². The summed E-state index contributed by atoms with van der Waals surface area (Å²) in [5, 5.41) is 0. The number of unbranched alkanes of at least 4 members (excludes halogenated alkanes) is 2. The van der Waals surface area contributed by atoms with Gasteiger partial charge in [0.2, 0.25) is 0 Å². The van der Waals surface area contributed by atoms with Gasteiger partial charge in [-0.3, -0.25) is 0 Å². The van der Waals surface area contributed by atoms with E-state index in [1.165, 1.54) is 32.1 Å². The molecule has 0 saturated heterocycles. The van der Waals surface area contributed by atoms with Gasteiger partial charge < -0.3 is 9.47 Å². The second-order valence-corrected chi connectivity index (χ2v) is 5.60. The van der Waals surface area contributed by atoms with Crippen LogP contribution in [0.4, 0.5) is 0 Å². The third-order valence-corrected chi connectivity index (χ3v) is 3.68. The lowest BCUT2D eigenvalue weighted by Crippen LogP contribution is -2.28. The standard InChI is InChI=1S/C18H32O2/c1-3-5-7-9-14-19-17-12-11-13-18(16-17)20-15-10-8-6-4-2/h7-10,17-18H,3-6,11-16H2,1-2H3. The van der Waals surface area contributed by atoms with Crippen molar-refractivity contribution < 1.29 is 9.47 Å². The second kappa shape index (κ2) is 12.2. The van der Waals surface area contributed by atoms with E-state index in [2.05, 4.69) is 38.2 Å². The first-order valence-corrected chi connectivity index (χ1v) is 8.40. The van der Waals surface area contributed by atoms with E-state index in [1.54, 1.807) is 0 Å². The molecule has 2 atom stereocenters. The Balaban J connectivity index is 2.11. The molecule has 0 spiro atoms. The first kappa shape index (κ1) is 17.5. The topological polar surface area (TPSA) is 18.5 Å². The third kappa shape index (κ3) is 8.55. The fourth-order valence-electron chi connectivity index (χ4n) is 2.49. The summed E-state index contributed by atoms with van der Waals surface area (Å²) in [5.41, 5.74) is 0. The largest absolute Gasteiger partial charge is 0.374 e. The van der Waals surface area contributed by atoms with Crippen molar-refractivity contribution in [3.63, 3.8) is 0 Å². The number of ether oxygens (including phenoxy) is 2. The zero-order chi connectivity index (χ0) is 14.5. The van der Waals surface area contributed by atoms with Crippen molar-refractivity contribution in [2.75, 3.05) is 13.2 Å². The highest BCUT2D eigenvalue weighted by atomic mass is 16.5. The van der Waals surface area contributed by atoms with Gasteiger partial charge in [-0.05, 0) is 38.5 Å². The molecule has 2 unspecified atom stereocenters. The SMILES string of the molecule is CCCC=CCOC1CCCC(OCC=CCCC)C1. The fourth-order valence-corrected chi connectivity index (χ4v) is 2.49. The van der Waals surface area contributed by atoms with Crippen molar-refractivity contribution >= 4 is 0 Å². The van der Waals surface area contributed by atoms with E-state index in [0.717, 1.165) is 32.5 Å². The molecular formula is C18H32O2. The van der Waals surface area contributed by atoms with Crippen LogP contribution in [-0.4, -0.2) is 25.4 Å². The van der Waals surface area contributed by atoms with Gasteiger partial charge in [0.15, 0.2) is 0 Å². The molecule has 0 aliphatic heterocycles. The minimum Gasteiger partial charge on any atom is -0.374 e. The minimum absolute atomic E-state index is 0.389. The lowest BCUT2D eigenvalue weighted by atomic mass is 9.95. The molecular weight excluding hydrogens is 248 g/mol. The van der Waals surface area contributed by atoms with Gasteiger partial charge in [-0.15, -0.1) is 0 Å². The highest BCUT2D eigenvalue weighted by Crippen LogP contribution is 2.23. The molecule has 1 aliphatic rings. The molecule has 0 heterocycles. The van der Waals surface area contributed by atoms with E-state index >= 15 is 0 Å². The molecule has 0 bridgehead atoms. The van der Waals surface area contributed by atoms with Crippen LogP contribution in [-0.2, 0) is 9.47 Å². The van der Waals surface area contributed by atoms with Crippen LogP contribution in [0.1, 0.15) is 65.2 Å². The predicted octanol–water partition coefficient (Wildman–Crippen LogP) is 5.04. The van der Waals surface area contributed by atoms with Gasteiger partial charge in [0.25, 0.3) is 0 Å². The number of hydrogen-bond acceptors (Lipinski definition) is 2. The van der Waals surface area contributed by atoms with Gasteiger partial charge in [0, 0.05) is 0 Å². The maximum atomic E-state index is 5.92. The van der Waals surface area contributed by atoms with E-state index in [-0.39, 0.29) is 0 Å². The minimum atomic E-state index is 0.389. The predicted molar refractivity (Wildman–Crippen MR) is 86.0 cm³/mol. The Bertz CT molecular complexity index is 245. The molecule has 1 fully saturated rings. The zero-order valence-corrected chi connectivity index (χ0v) is 13.4. The van der Waals surface area contributed by atoms with E-state index in [9.17, 15) is 0 Å². The van der Waals surface area contributed by atoms with Gasteiger partial charge in [-0.25, -0.2) is 0 Å². The first-order valence-electron chi connectivity index (χ1n) is 8.40. The summed E-state index contributed by atoms with van der Waals surface area (Å²) in [5.74, 6) is 0. The van der Waals surface area contributed by atoms with E-state index in [4.69, 9.17) is 9.47 Å². The van der Waals surface area contributed by atoms with E-state index < -0.39 is 0 Å². The van der Waals surface area contributed by atoms with Gasteiger partial charge in [0.05, 0.1) is 25.4 Å². The Morgan fingerprint density at radius 3 is 1.75 bits per heavy atom. The lowest BCUT2D eigenvalue weighted by Gasteiger charge is -2.28. The molecule has 1 saturated carbocycles. The Hall–Kier alpha value is -0.600. The summed E-state index contributed by atoms with van der Waals surface area (Å²) in [6.07, 6.45) is 18.9. The molecule has 0 N–H and O–H groups in total. The van der Waals surface area contributed by atoms with Gasteiger partial charge in [-0.2, -0.15) is 0 Å². The highest BCUT2D eigenvalue weighted by molar-refractivity contribution is 4.84. The lowest BCUT2D eigenvalue weighted by molar-refractivity contribution is -0.0300. The van der Waals surface area contributed by atoms with Crippen LogP contribution in [0.2, 0.25) is 0 Å². The summed E-state index contributed by atoms with van der Waals surface area (Å²) in [6.45, 7) is 5.91. The first-order chi connectivity index (χ1) is 9.86. The molecule has 116 valence electrons. The molecule has 0 aromatic rings. The molecule has 1 aliphatic carbocycles. The third-order valence-electron chi connectivity index (χ3n) is 3.68. The van der Waals surface area contributed by atoms with Crippen molar-refractivity contribution in [1.82, 2.24) is 0 Å². The van der Waals surface area contributed by atoms with Crippen LogP contribution in [0.5, 0.6) is 0 Å². The fraction of sp³-hybridized carbons (Fsp3) is 0.778. The van der Waals surface area contributed by atoms with E-state index in [1.807, 2.05) is 0 Å². The molecule has 20 heavy (non-hydrogen) atoms. The Labute approximate surface area is 125 Å². The highest BCUT2D eigenvalue weighted by Gasteiger charge is 2.22. The van der Waals surface area contributed by atoms with Crippen LogP contribution in [0.15, 0.2) is 24.3 Å². The molecule has 2 nitrogen and oxygen atoms in total. The van der Waals surface area contributed by atoms with Crippen molar-refractivity contribution in [3.8, 4) is 0 Å². The maximum absolute atomic E-state index is 5.92. The normalized spacial score (nSPS) is 23.9. The van der Waals surface area contributed by atoms with Crippen LogP contribution >= 0.6 is 0 Å². The monoisotopic (exact) mass is 280 g/mol. The summed E-state index contributed by atoms with van der Waals surface area (Å²) >= 11 is 0. The molecule has 1 rings (SSSR count). The molecule has 0 aromatic heterocycles. The molecule has 2 heteroatoms. The average molecular weight is 280 g/mol. The quantitative estimate of drug-likeness (QED) is 0.522. The van der Waals surface area contributed by atoms with Crippen molar-refractivity contribution in [2.24, 2.45) is 0 Å². The average Bonchev–Trinajstić information content (AvgIpc) is 2.47. The number of allylic oxidation sites excluding steroid dienone is 2. The second-order valence-electron chi connectivity index (χ2n) is 5.60. The summed E-state index contributed by atoms with van der Waals surface area (Å²) in [6, 6.07) is 0. The van der Waals surface area contributed by atoms with Gasteiger partial charge in [0.1, 0.15) is 0 Å². The van der Waals surface area contributed by atoms with Crippen LogP contribution in [0.25, 0.3) is 0 Å². The van der Waals surface area contributed by atoms with Crippen molar-refractivity contribution in [3.05, 3.63) is 24.3 Å². The van der Waals surface area contributed by atoms with Crippen molar-refractivity contribution in [2.45, 2.75) is 77.4 Å². The summed E-state index contributed by atoms with van der Waals surface area (Å²) < 4.78 is 11.8. The molecule has 0 amide bonds. The molecule has 0 aromatic carbocycles. The van der Waals surface area contributed by atoms with Crippen LogP contribution in [0, 0.1) is 0 Å². The summed E-state index contributed by atoms with van der Waals surface area (Å²) in [4.78, 5) is 0. The molecule has 0 radical (unpaired) electrons. The zero-order valence-electron chi connectivity index (χ0n) is 13.4. The number of hydrogen-bond donors (Lipinski definition) is 0. The van der Waals surface area contributed by atoms with Gasteiger partial charge in [-0.1, -0.05) is 51.0 Å². The smallest absolute Gasteiger partial charge is 0.0651 e. The van der Waals surface area contributed by atoms with Crippen molar-refractivity contribution in [1.29, 1.82) is 0 Å². The van der Waals surface area contributed by atoms with E-state index in [0.29, 0.717) is 12.2 Å². The van der Waals surface area contributed by atoms with Crippen LogP contribution < -0.4 is 0 Å². The Morgan fingerprint density at radius 1 is 0.800 bits per heavy atom. The summed E-state index contributed by atoms with van der Waals surface area (Å²) in [7, 11) is 0. The van der Waals surface area contributed by atoms with Gasteiger partial charge >= 0.3 is 0 Å². The Morgan fingerprint density at radius 2 is 1.30 bits per heavy atom. The maximum Gasteiger partial charge on any atom is 0.0651 e. The number of rotatable bonds is 10.